The highest BCUT2D eigenvalue weighted by molar-refractivity contribution is 7.71. The molecule has 30 heavy (non-hydrogen) atoms. The van der Waals surface area contributed by atoms with Gasteiger partial charge in [0.25, 0.3) is 0 Å². The number of fused-ring (bicyclic) bond motifs is 1. The number of H-pyrrole nitrogens is 1. The zero-order valence-electron chi connectivity index (χ0n) is 17.9. The average molecular weight is 423 g/mol. The van der Waals surface area contributed by atoms with Gasteiger partial charge >= 0.3 is 0 Å². The molecule has 0 bridgehead atoms. The summed E-state index contributed by atoms with van der Waals surface area (Å²) < 4.78 is 10.3. The molecule has 156 valence electrons. The Balaban J connectivity index is 2.03. The van der Waals surface area contributed by atoms with E-state index in [4.69, 9.17) is 17.0 Å². The Hall–Kier alpha value is -3.06. The lowest BCUT2D eigenvalue weighted by Gasteiger charge is -2.16. The first-order valence-corrected chi connectivity index (χ1v) is 10.5. The molecule has 4 aromatic rings. The number of phenols is 1. The summed E-state index contributed by atoms with van der Waals surface area (Å²) in [6, 6.07) is 10.1. The van der Waals surface area contributed by atoms with Crippen molar-refractivity contribution in [2.45, 2.75) is 40.2 Å². The van der Waals surface area contributed by atoms with E-state index < -0.39 is 0 Å². The molecule has 0 spiro atoms. The second kappa shape index (κ2) is 7.65. The van der Waals surface area contributed by atoms with Crippen molar-refractivity contribution in [1.82, 2.24) is 19.3 Å². The summed E-state index contributed by atoms with van der Waals surface area (Å²) in [4.78, 5) is 0. The molecule has 0 aliphatic carbocycles. The normalized spacial score (nSPS) is 11.5. The molecule has 6 nitrogen and oxygen atoms in total. The van der Waals surface area contributed by atoms with E-state index in [9.17, 15) is 5.11 Å². The Morgan fingerprint density at radius 3 is 2.67 bits per heavy atom. The number of nitrogens with zero attached hydrogens (tertiary/aromatic N) is 3. The minimum Gasteiger partial charge on any atom is -0.508 e. The third-order valence-corrected chi connectivity index (χ3v) is 5.83. The van der Waals surface area contributed by atoms with Crippen molar-refractivity contribution in [3.05, 3.63) is 52.4 Å². The molecule has 0 saturated carbocycles. The topological polar surface area (TPSA) is 68.0 Å². The zero-order chi connectivity index (χ0) is 21.6. The van der Waals surface area contributed by atoms with Crippen LogP contribution >= 0.6 is 12.2 Å². The van der Waals surface area contributed by atoms with Crippen molar-refractivity contribution >= 4 is 23.1 Å². The number of benzene rings is 2. The van der Waals surface area contributed by atoms with Crippen LogP contribution in [0.25, 0.3) is 28.0 Å². The Bertz CT molecular complexity index is 1300. The van der Waals surface area contributed by atoms with Crippen LogP contribution in [0.5, 0.6) is 11.5 Å². The number of aromatic nitrogens is 4. The van der Waals surface area contributed by atoms with E-state index in [0.717, 1.165) is 51.3 Å². The van der Waals surface area contributed by atoms with Gasteiger partial charge in [-0.3, -0.25) is 9.67 Å². The molecule has 0 amide bonds. The lowest BCUT2D eigenvalue weighted by molar-refractivity contribution is 0.416. The first-order chi connectivity index (χ1) is 14.4. The van der Waals surface area contributed by atoms with E-state index in [1.807, 2.05) is 36.6 Å². The third kappa shape index (κ3) is 3.10. The van der Waals surface area contributed by atoms with E-state index >= 15 is 0 Å². The highest BCUT2D eigenvalue weighted by atomic mass is 32.1. The Labute approximate surface area is 180 Å². The molecule has 2 aromatic carbocycles. The van der Waals surface area contributed by atoms with Crippen LogP contribution in [-0.4, -0.2) is 31.5 Å². The number of ether oxygens (including phenoxy) is 1. The molecule has 0 atom stereocenters. The smallest absolute Gasteiger partial charge is 0.200 e. The zero-order valence-corrected chi connectivity index (χ0v) is 18.7. The summed E-state index contributed by atoms with van der Waals surface area (Å²) in [6.07, 6.45) is 2.81. The SMILES string of the molecule is CCc1cc(-c2n[nH]c(=S)n2-c2ccc(OC)c3c2ccn3C(C)C)c(C)cc1O. The lowest BCUT2D eigenvalue weighted by Crippen LogP contribution is -2.03. The maximum Gasteiger partial charge on any atom is 0.200 e. The van der Waals surface area contributed by atoms with Crippen molar-refractivity contribution in [3.63, 3.8) is 0 Å². The van der Waals surface area contributed by atoms with Crippen LogP contribution in [0.3, 0.4) is 0 Å². The minimum atomic E-state index is 0.287. The van der Waals surface area contributed by atoms with Crippen molar-refractivity contribution in [2.75, 3.05) is 7.11 Å². The highest BCUT2D eigenvalue weighted by Gasteiger charge is 2.20. The van der Waals surface area contributed by atoms with Crippen LogP contribution in [0.1, 0.15) is 37.9 Å². The van der Waals surface area contributed by atoms with Crippen molar-refractivity contribution in [2.24, 2.45) is 0 Å². The van der Waals surface area contributed by atoms with E-state index in [2.05, 4.69) is 40.9 Å². The Kier molecular flexibility index (Phi) is 5.15. The predicted octanol–water partition coefficient (Wildman–Crippen LogP) is 5.72. The van der Waals surface area contributed by atoms with E-state index in [0.29, 0.717) is 10.5 Å². The number of hydrogen-bond acceptors (Lipinski definition) is 4. The minimum absolute atomic E-state index is 0.287. The molecular weight excluding hydrogens is 396 g/mol. The first-order valence-electron chi connectivity index (χ1n) is 10.1. The number of nitrogens with one attached hydrogen (secondary N) is 1. The number of rotatable bonds is 5. The van der Waals surface area contributed by atoms with Gasteiger partial charge in [0, 0.05) is 23.2 Å². The fourth-order valence-corrected chi connectivity index (χ4v) is 4.22. The monoisotopic (exact) mass is 422 g/mol. The molecule has 0 unspecified atom stereocenters. The molecule has 2 heterocycles. The number of phenolic OH excluding ortho intramolecular Hbond substituents is 1. The first kappa shape index (κ1) is 20.2. The van der Waals surface area contributed by atoms with Crippen LogP contribution < -0.4 is 4.74 Å². The molecule has 2 N–H and O–H groups in total. The third-order valence-electron chi connectivity index (χ3n) is 5.55. The summed E-state index contributed by atoms with van der Waals surface area (Å²) in [5.41, 5.74) is 4.70. The second-order valence-corrected chi connectivity index (χ2v) is 8.09. The van der Waals surface area contributed by atoms with Crippen LogP contribution in [0, 0.1) is 11.7 Å². The van der Waals surface area contributed by atoms with Crippen LogP contribution in [0.15, 0.2) is 36.5 Å². The summed E-state index contributed by atoms with van der Waals surface area (Å²) in [5.74, 6) is 1.84. The summed E-state index contributed by atoms with van der Waals surface area (Å²) in [5, 5.41) is 18.8. The number of methoxy groups -OCH3 is 1. The Morgan fingerprint density at radius 2 is 2.00 bits per heavy atom. The largest absolute Gasteiger partial charge is 0.508 e. The van der Waals surface area contributed by atoms with Crippen LogP contribution in [0.2, 0.25) is 0 Å². The van der Waals surface area contributed by atoms with Gasteiger partial charge in [-0.25, -0.2) is 0 Å². The molecule has 7 heteroatoms. The molecule has 0 aliphatic heterocycles. The van der Waals surface area contributed by atoms with Crippen molar-refractivity contribution < 1.29 is 9.84 Å². The van der Waals surface area contributed by atoms with E-state index in [1.54, 1.807) is 13.2 Å². The number of aromatic amines is 1. The molecular formula is C23H26N4O2S. The summed E-state index contributed by atoms with van der Waals surface area (Å²) in [7, 11) is 1.69. The lowest BCUT2D eigenvalue weighted by atomic mass is 10.0. The van der Waals surface area contributed by atoms with Crippen molar-refractivity contribution in [1.29, 1.82) is 0 Å². The molecule has 2 aromatic heterocycles. The molecule has 0 fully saturated rings. The second-order valence-electron chi connectivity index (χ2n) is 7.70. The quantitative estimate of drug-likeness (QED) is 0.404. The van der Waals surface area contributed by atoms with E-state index in [-0.39, 0.29) is 6.04 Å². The van der Waals surface area contributed by atoms with Crippen LogP contribution in [-0.2, 0) is 6.42 Å². The molecule has 4 rings (SSSR count). The van der Waals surface area contributed by atoms with Crippen LogP contribution in [0.4, 0.5) is 0 Å². The molecule has 0 radical (unpaired) electrons. The maximum atomic E-state index is 10.2. The summed E-state index contributed by atoms with van der Waals surface area (Å²) >= 11 is 5.63. The van der Waals surface area contributed by atoms with Gasteiger partial charge < -0.3 is 14.4 Å². The van der Waals surface area contributed by atoms with Gasteiger partial charge in [0.2, 0.25) is 0 Å². The maximum absolute atomic E-state index is 10.2. The number of hydrogen-bond donors (Lipinski definition) is 2. The fraction of sp³-hybridized carbons (Fsp3) is 0.304. The van der Waals surface area contributed by atoms with E-state index in [1.165, 1.54) is 0 Å². The predicted molar refractivity (Wildman–Crippen MR) is 122 cm³/mol. The van der Waals surface area contributed by atoms with Gasteiger partial charge in [0.05, 0.1) is 18.3 Å². The summed E-state index contributed by atoms with van der Waals surface area (Å²) in [6.45, 7) is 8.28. The van der Waals surface area contributed by atoms with Gasteiger partial charge in [0.1, 0.15) is 11.5 Å². The van der Waals surface area contributed by atoms with Gasteiger partial charge in [-0.15, -0.1) is 0 Å². The highest BCUT2D eigenvalue weighted by Crippen LogP contribution is 2.36. The molecule has 0 aliphatic rings. The fourth-order valence-electron chi connectivity index (χ4n) is 3.99. The molecule has 0 saturated heterocycles. The van der Waals surface area contributed by atoms with Gasteiger partial charge in [-0.1, -0.05) is 6.92 Å². The van der Waals surface area contributed by atoms with Gasteiger partial charge in [0.15, 0.2) is 10.6 Å². The standard InChI is InChI=1S/C23H26N4O2S/c1-6-15-12-17(14(4)11-19(15)28)22-24-25-23(30)27(22)18-7-8-20(29-5)21-16(18)9-10-26(21)13(2)3/h7-13,28H,6H2,1-5H3,(H,25,30). The van der Waals surface area contributed by atoms with Gasteiger partial charge in [-0.05, 0) is 80.9 Å². The number of aromatic hydroxyl groups is 1. The van der Waals surface area contributed by atoms with Crippen molar-refractivity contribution in [3.8, 4) is 28.6 Å². The average Bonchev–Trinajstić information content (AvgIpc) is 3.32. The number of aryl methyl sites for hydroxylation is 2. The Morgan fingerprint density at radius 1 is 1.23 bits per heavy atom. The van der Waals surface area contributed by atoms with Gasteiger partial charge in [-0.2, -0.15) is 5.10 Å².